The van der Waals surface area contributed by atoms with Crippen LogP contribution >= 0.6 is 11.3 Å². The number of amides is 2. The van der Waals surface area contributed by atoms with Crippen molar-refractivity contribution in [3.8, 4) is 11.1 Å². The van der Waals surface area contributed by atoms with Crippen molar-refractivity contribution in [3.05, 3.63) is 108 Å². The first kappa shape index (κ1) is 23.1. The fourth-order valence-electron chi connectivity index (χ4n) is 3.56. The molecule has 0 fully saturated rings. The topological polar surface area (TPSA) is 62.3 Å². The Morgan fingerprint density at radius 1 is 0.912 bits per heavy atom. The Morgan fingerprint density at radius 2 is 1.53 bits per heavy atom. The van der Waals surface area contributed by atoms with Crippen LogP contribution in [0.1, 0.15) is 31.1 Å². The van der Waals surface area contributed by atoms with E-state index in [1.54, 1.807) is 11.0 Å². The second-order valence-corrected chi connectivity index (χ2v) is 8.63. The quantitative estimate of drug-likeness (QED) is 0.321. The number of hydrogen-bond acceptors (Lipinski definition) is 4. The normalized spacial score (nSPS) is 11.8. The summed E-state index contributed by atoms with van der Waals surface area (Å²) in [7, 11) is 0. The third-order valence-corrected chi connectivity index (χ3v) is 6.16. The summed E-state index contributed by atoms with van der Waals surface area (Å²) in [5, 5.41) is 5.37. The second-order valence-electron chi connectivity index (χ2n) is 7.80. The van der Waals surface area contributed by atoms with E-state index in [1.165, 1.54) is 24.3 Å². The van der Waals surface area contributed by atoms with E-state index >= 15 is 0 Å². The Kier molecular flexibility index (Phi) is 7.30. The van der Waals surface area contributed by atoms with Crippen molar-refractivity contribution in [2.24, 2.45) is 0 Å². The molecule has 5 nitrogen and oxygen atoms in total. The fraction of sp³-hybridized carbons (Fsp3) is 0.107. The smallest absolute Gasteiger partial charge is 0.244 e. The number of para-hydroxylation sites is 1. The van der Waals surface area contributed by atoms with Crippen LogP contribution in [0.3, 0.4) is 0 Å². The molecule has 0 saturated carbocycles. The first-order valence-corrected chi connectivity index (χ1v) is 11.8. The molecule has 1 unspecified atom stereocenters. The molecule has 0 bridgehead atoms. The number of carbonyl (C=O) groups is 2. The highest BCUT2D eigenvalue weighted by atomic mass is 32.1. The number of hydrogen-bond donors (Lipinski definition) is 1. The zero-order valence-electron chi connectivity index (χ0n) is 19.0. The molecule has 0 spiro atoms. The Labute approximate surface area is 203 Å². The number of thiazole rings is 1. The van der Waals surface area contributed by atoms with Crippen LogP contribution in [0, 0.1) is 0 Å². The molecule has 1 aromatic heterocycles. The van der Waals surface area contributed by atoms with Crippen LogP contribution in [0.2, 0.25) is 0 Å². The van der Waals surface area contributed by atoms with Crippen molar-refractivity contribution in [1.82, 2.24) is 10.3 Å². The average Bonchev–Trinajstić information content (AvgIpc) is 3.32. The third kappa shape index (κ3) is 5.66. The number of carbonyl (C=O) groups excluding carboxylic acids is 2. The summed E-state index contributed by atoms with van der Waals surface area (Å²) < 4.78 is 0. The predicted molar refractivity (Wildman–Crippen MR) is 139 cm³/mol. The van der Waals surface area contributed by atoms with Gasteiger partial charge in [0.2, 0.25) is 11.8 Å². The molecule has 0 radical (unpaired) electrons. The lowest BCUT2D eigenvalue weighted by Crippen LogP contribution is -2.24. The van der Waals surface area contributed by atoms with Crippen molar-refractivity contribution >= 4 is 40.0 Å². The molecule has 0 aliphatic rings. The molecule has 1 heterocycles. The van der Waals surface area contributed by atoms with Gasteiger partial charge in [-0.2, -0.15) is 0 Å². The van der Waals surface area contributed by atoms with Crippen LogP contribution in [-0.2, 0) is 9.59 Å². The van der Waals surface area contributed by atoms with Gasteiger partial charge in [0.1, 0.15) is 0 Å². The SMILES string of the molecule is CC(=O)N(c1ccccc1)c1nc(/C=C/C(=O)NC(C)c2ccc(-c3ccccc3)cc2)cs1. The molecule has 170 valence electrons. The first-order chi connectivity index (χ1) is 16.5. The summed E-state index contributed by atoms with van der Waals surface area (Å²) >= 11 is 1.35. The number of aromatic nitrogens is 1. The van der Waals surface area contributed by atoms with Crippen LogP contribution < -0.4 is 10.2 Å². The maximum absolute atomic E-state index is 12.5. The minimum Gasteiger partial charge on any atom is -0.346 e. The molecule has 0 aliphatic heterocycles. The zero-order chi connectivity index (χ0) is 23.9. The van der Waals surface area contributed by atoms with Gasteiger partial charge in [-0.25, -0.2) is 4.98 Å². The van der Waals surface area contributed by atoms with Gasteiger partial charge in [0, 0.05) is 18.4 Å². The first-order valence-electron chi connectivity index (χ1n) is 11.0. The van der Waals surface area contributed by atoms with Gasteiger partial charge >= 0.3 is 0 Å². The van der Waals surface area contributed by atoms with E-state index < -0.39 is 0 Å². The standard InChI is InChI=1S/C28H25N3O2S/c1-20(22-13-15-24(16-14-22)23-9-5-3-6-10-23)29-27(33)18-17-25-19-34-28(30-25)31(21(2)32)26-11-7-4-8-12-26/h3-20H,1-2H3,(H,29,33)/b18-17+. The van der Waals surface area contributed by atoms with E-state index in [1.807, 2.05) is 73.0 Å². The van der Waals surface area contributed by atoms with E-state index in [-0.39, 0.29) is 17.9 Å². The lowest BCUT2D eigenvalue weighted by molar-refractivity contribution is -0.117. The Bertz CT molecular complexity index is 1280. The molecule has 0 aliphatic carbocycles. The molecule has 2 amide bonds. The summed E-state index contributed by atoms with van der Waals surface area (Å²) in [6, 6.07) is 27.6. The van der Waals surface area contributed by atoms with Gasteiger partial charge in [0.05, 0.1) is 17.4 Å². The molecule has 0 saturated heterocycles. The third-order valence-electron chi connectivity index (χ3n) is 5.31. The van der Waals surface area contributed by atoms with Crippen LogP contribution in [0.15, 0.2) is 96.4 Å². The van der Waals surface area contributed by atoms with Gasteiger partial charge in [-0.05, 0) is 41.8 Å². The molecule has 1 atom stereocenters. The highest BCUT2D eigenvalue weighted by molar-refractivity contribution is 7.14. The van der Waals surface area contributed by atoms with E-state index in [2.05, 4.69) is 34.6 Å². The maximum atomic E-state index is 12.5. The second kappa shape index (κ2) is 10.7. The highest BCUT2D eigenvalue weighted by Gasteiger charge is 2.17. The van der Waals surface area contributed by atoms with Gasteiger partial charge in [0.25, 0.3) is 0 Å². The lowest BCUT2D eigenvalue weighted by atomic mass is 10.0. The van der Waals surface area contributed by atoms with Gasteiger partial charge < -0.3 is 5.32 Å². The van der Waals surface area contributed by atoms with Crippen LogP contribution in [0.5, 0.6) is 0 Å². The van der Waals surface area contributed by atoms with Gasteiger partial charge in [0.15, 0.2) is 5.13 Å². The number of nitrogens with zero attached hydrogens (tertiary/aromatic N) is 2. The molecule has 3 aromatic carbocycles. The molecular weight excluding hydrogens is 442 g/mol. The number of rotatable bonds is 7. The molecule has 34 heavy (non-hydrogen) atoms. The minimum atomic E-state index is -0.208. The summed E-state index contributed by atoms with van der Waals surface area (Å²) in [6.07, 6.45) is 3.12. The average molecular weight is 468 g/mol. The van der Waals surface area contributed by atoms with Crippen LogP contribution in [-0.4, -0.2) is 16.8 Å². The Morgan fingerprint density at radius 3 is 2.18 bits per heavy atom. The van der Waals surface area contributed by atoms with E-state index in [4.69, 9.17) is 0 Å². The van der Waals surface area contributed by atoms with E-state index in [0.717, 1.165) is 22.4 Å². The maximum Gasteiger partial charge on any atom is 0.244 e. The molecule has 4 aromatic rings. The van der Waals surface area contributed by atoms with Crippen LogP contribution in [0.4, 0.5) is 10.8 Å². The summed E-state index contributed by atoms with van der Waals surface area (Å²) in [5.74, 6) is -0.332. The number of anilines is 2. The summed E-state index contributed by atoms with van der Waals surface area (Å²) in [4.78, 5) is 30.7. The largest absolute Gasteiger partial charge is 0.346 e. The highest BCUT2D eigenvalue weighted by Crippen LogP contribution is 2.29. The minimum absolute atomic E-state index is 0.124. The van der Waals surface area contributed by atoms with Crippen molar-refractivity contribution in [2.45, 2.75) is 19.9 Å². The number of benzene rings is 3. The summed E-state index contributed by atoms with van der Waals surface area (Å²) in [5.41, 5.74) is 4.70. The van der Waals surface area contributed by atoms with Crippen LogP contribution in [0.25, 0.3) is 17.2 Å². The summed E-state index contributed by atoms with van der Waals surface area (Å²) in [6.45, 7) is 3.46. The van der Waals surface area contributed by atoms with Crippen molar-refractivity contribution in [2.75, 3.05) is 4.90 Å². The predicted octanol–water partition coefficient (Wildman–Crippen LogP) is 6.39. The molecule has 1 N–H and O–H groups in total. The van der Waals surface area contributed by atoms with Crippen molar-refractivity contribution in [1.29, 1.82) is 0 Å². The van der Waals surface area contributed by atoms with Crippen molar-refractivity contribution in [3.63, 3.8) is 0 Å². The Hall–Kier alpha value is -4.03. The van der Waals surface area contributed by atoms with Gasteiger partial charge in [-0.1, -0.05) is 72.8 Å². The molecule has 6 heteroatoms. The monoisotopic (exact) mass is 467 g/mol. The lowest BCUT2D eigenvalue weighted by Gasteiger charge is -2.17. The molecular formula is C28H25N3O2S. The zero-order valence-corrected chi connectivity index (χ0v) is 19.8. The van der Waals surface area contributed by atoms with E-state index in [0.29, 0.717) is 10.8 Å². The van der Waals surface area contributed by atoms with Crippen molar-refractivity contribution < 1.29 is 9.59 Å². The van der Waals surface area contributed by atoms with E-state index in [9.17, 15) is 9.59 Å². The Balaban J connectivity index is 1.38. The number of nitrogens with one attached hydrogen (secondary N) is 1. The van der Waals surface area contributed by atoms with Gasteiger partial charge in [-0.15, -0.1) is 11.3 Å². The molecule has 4 rings (SSSR count). The van der Waals surface area contributed by atoms with Gasteiger partial charge in [-0.3, -0.25) is 14.5 Å². The fourth-order valence-corrected chi connectivity index (χ4v) is 4.42.